The summed E-state index contributed by atoms with van der Waals surface area (Å²) < 4.78 is 70.2. The Labute approximate surface area is 212 Å². The highest BCUT2D eigenvalue weighted by Gasteiger charge is 2.31. The molecule has 1 heterocycles. The van der Waals surface area contributed by atoms with E-state index in [-0.39, 0.29) is 40.8 Å². The number of amides is 1. The van der Waals surface area contributed by atoms with Crippen LogP contribution in [0.1, 0.15) is 40.1 Å². The number of benzene rings is 2. The number of pyridine rings is 1. The fourth-order valence-corrected chi connectivity index (χ4v) is 4.62. The first-order valence-electron chi connectivity index (χ1n) is 11.2. The van der Waals surface area contributed by atoms with Gasteiger partial charge in [-0.05, 0) is 49.2 Å². The summed E-state index contributed by atoms with van der Waals surface area (Å²) in [6.07, 6.45) is -2.15. The standard InChI is InChI=1S/C26H27F3N2O5S/c1-16(15-36-3)31-14-22(25(33)30-13-18-8-10-21(11-9-18)37(4,34)35)24(32)23(17(31)2)19-6-5-7-20(12-19)26(27,28)29/h5-12,14,16H,13,15H2,1-4H3,(H,30,33)/t16-/m1/s1. The predicted molar refractivity (Wildman–Crippen MR) is 133 cm³/mol. The number of halogens is 3. The van der Waals surface area contributed by atoms with Gasteiger partial charge in [0, 0.05) is 37.4 Å². The van der Waals surface area contributed by atoms with E-state index in [4.69, 9.17) is 4.74 Å². The Kier molecular flexibility index (Phi) is 8.28. The minimum absolute atomic E-state index is 0.00269. The van der Waals surface area contributed by atoms with Crippen LogP contribution in [0.3, 0.4) is 0 Å². The molecule has 0 aliphatic rings. The number of methoxy groups -OCH3 is 1. The third-order valence-corrected chi connectivity index (χ3v) is 7.03. The second-order valence-electron chi connectivity index (χ2n) is 8.72. The van der Waals surface area contributed by atoms with Gasteiger partial charge >= 0.3 is 6.18 Å². The molecule has 3 rings (SSSR count). The average molecular weight is 537 g/mol. The highest BCUT2D eigenvalue weighted by atomic mass is 32.2. The predicted octanol–water partition coefficient (Wildman–Crippen LogP) is 4.38. The maximum atomic E-state index is 13.4. The van der Waals surface area contributed by atoms with Gasteiger partial charge in [-0.25, -0.2) is 8.42 Å². The molecule has 0 aliphatic carbocycles. The third kappa shape index (κ3) is 6.47. The van der Waals surface area contributed by atoms with E-state index in [1.807, 2.05) is 0 Å². The number of rotatable bonds is 8. The van der Waals surface area contributed by atoms with Crippen molar-refractivity contribution >= 4 is 15.7 Å². The monoisotopic (exact) mass is 536 g/mol. The van der Waals surface area contributed by atoms with Crippen molar-refractivity contribution in [1.82, 2.24) is 9.88 Å². The summed E-state index contributed by atoms with van der Waals surface area (Å²) in [5.74, 6) is -0.719. The molecule has 11 heteroatoms. The zero-order valence-corrected chi connectivity index (χ0v) is 21.5. The molecule has 1 amide bonds. The van der Waals surface area contributed by atoms with Crippen LogP contribution in [0.25, 0.3) is 11.1 Å². The summed E-state index contributed by atoms with van der Waals surface area (Å²) in [5, 5.41) is 2.63. The lowest BCUT2D eigenvalue weighted by atomic mass is 9.98. The van der Waals surface area contributed by atoms with Gasteiger partial charge in [0.25, 0.3) is 5.91 Å². The smallest absolute Gasteiger partial charge is 0.383 e. The maximum Gasteiger partial charge on any atom is 0.416 e. The summed E-state index contributed by atoms with van der Waals surface area (Å²) in [5.41, 5.74) is -0.842. The molecule has 0 spiro atoms. The highest BCUT2D eigenvalue weighted by molar-refractivity contribution is 7.90. The molecule has 7 nitrogen and oxygen atoms in total. The number of aromatic nitrogens is 1. The molecule has 1 atom stereocenters. The maximum absolute atomic E-state index is 13.4. The Balaban J connectivity index is 2.04. The third-order valence-electron chi connectivity index (χ3n) is 5.90. The van der Waals surface area contributed by atoms with Crippen LogP contribution in [0.4, 0.5) is 13.2 Å². The van der Waals surface area contributed by atoms with E-state index in [1.54, 1.807) is 30.5 Å². The number of sulfone groups is 1. The molecule has 0 saturated carbocycles. The average Bonchev–Trinajstić information content (AvgIpc) is 2.82. The van der Waals surface area contributed by atoms with Gasteiger partial charge in [0.15, 0.2) is 9.84 Å². The number of carbonyl (C=O) groups is 1. The Morgan fingerprint density at radius 1 is 1.14 bits per heavy atom. The van der Waals surface area contributed by atoms with Crippen molar-refractivity contribution in [2.75, 3.05) is 20.0 Å². The van der Waals surface area contributed by atoms with Crippen LogP contribution in [0, 0.1) is 6.92 Å². The SMILES string of the molecule is COC[C@@H](C)n1cc(C(=O)NCc2ccc(S(C)(=O)=O)cc2)c(=O)c(-c2cccc(C(F)(F)F)c2)c1C. The van der Waals surface area contributed by atoms with Crippen molar-refractivity contribution in [3.8, 4) is 11.1 Å². The molecule has 1 N–H and O–H groups in total. The molecule has 0 radical (unpaired) electrons. The van der Waals surface area contributed by atoms with Crippen LogP contribution >= 0.6 is 0 Å². The number of carbonyl (C=O) groups excluding carboxylic acids is 1. The number of ether oxygens (including phenoxy) is 1. The molecule has 37 heavy (non-hydrogen) atoms. The van der Waals surface area contributed by atoms with E-state index in [1.165, 1.54) is 37.6 Å². The molecule has 0 unspecified atom stereocenters. The van der Waals surface area contributed by atoms with Crippen LogP contribution in [0.2, 0.25) is 0 Å². The van der Waals surface area contributed by atoms with Crippen molar-refractivity contribution in [3.05, 3.63) is 87.3 Å². The van der Waals surface area contributed by atoms with E-state index in [0.29, 0.717) is 11.3 Å². The number of hydrogen-bond acceptors (Lipinski definition) is 5. The van der Waals surface area contributed by atoms with Gasteiger partial charge in [0.2, 0.25) is 5.43 Å². The largest absolute Gasteiger partial charge is 0.416 e. The minimum Gasteiger partial charge on any atom is -0.383 e. The zero-order valence-electron chi connectivity index (χ0n) is 20.7. The van der Waals surface area contributed by atoms with Gasteiger partial charge in [-0.15, -0.1) is 0 Å². The van der Waals surface area contributed by atoms with Gasteiger partial charge in [-0.1, -0.05) is 24.3 Å². The minimum atomic E-state index is -4.60. The molecular formula is C26H27F3N2O5S. The zero-order chi connectivity index (χ0) is 27.5. The number of hydrogen-bond donors (Lipinski definition) is 1. The number of nitrogens with zero attached hydrogens (tertiary/aromatic N) is 1. The Morgan fingerprint density at radius 3 is 2.35 bits per heavy atom. The summed E-state index contributed by atoms with van der Waals surface area (Å²) in [4.78, 5) is 26.7. The second kappa shape index (κ2) is 10.9. The fourth-order valence-electron chi connectivity index (χ4n) is 3.99. The topological polar surface area (TPSA) is 94.5 Å². The van der Waals surface area contributed by atoms with Crippen LogP contribution in [0.5, 0.6) is 0 Å². The molecular weight excluding hydrogens is 509 g/mol. The fraction of sp³-hybridized carbons (Fsp3) is 0.308. The summed E-state index contributed by atoms with van der Waals surface area (Å²) in [7, 11) is -1.89. The first kappa shape index (κ1) is 28.1. The van der Waals surface area contributed by atoms with Crippen molar-refractivity contribution in [2.45, 2.75) is 37.5 Å². The van der Waals surface area contributed by atoms with E-state index < -0.39 is 32.9 Å². The van der Waals surface area contributed by atoms with Gasteiger partial charge in [0.1, 0.15) is 5.56 Å². The second-order valence-corrected chi connectivity index (χ2v) is 10.7. The molecule has 0 aliphatic heterocycles. The van der Waals surface area contributed by atoms with Crippen molar-refractivity contribution < 1.29 is 31.1 Å². The van der Waals surface area contributed by atoms with Gasteiger partial charge in [-0.3, -0.25) is 9.59 Å². The van der Waals surface area contributed by atoms with Crippen molar-refractivity contribution in [2.24, 2.45) is 0 Å². The lowest BCUT2D eigenvalue weighted by Crippen LogP contribution is -2.31. The van der Waals surface area contributed by atoms with Crippen LogP contribution in [-0.2, 0) is 27.3 Å². The Morgan fingerprint density at radius 2 is 1.78 bits per heavy atom. The Bertz CT molecular complexity index is 1460. The quantitative estimate of drug-likeness (QED) is 0.461. The first-order valence-corrected chi connectivity index (χ1v) is 13.1. The van der Waals surface area contributed by atoms with Crippen LogP contribution in [0.15, 0.2) is 64.4 Å². The molecule has 3 aromatic rings. The summed E-state index contributed by atoms with van der Waals surface area (Å²) in [6.45, 7) is 3.64. The van der Waals surface area contributed by atoms with E-state index in [9.17, 15) is 31.2 Å². The molecule has 2 aromatic carbocycles. The molecule has 198 valence electrons. The van der Waals surface area contributed by atoms with Gasteiger partial charge in [-0.2, -0.15) is 13.2 Å². The highest BCUT2D eigenvalue weighted by Crippen LogP contribution is 2.32. The van der Waals surface area contributed by atoms with Crippen LogP contribution < -0.4 is 10.7 Å². The normalized spacial score (nSPS) is 12.8. The van der Waals surface area contributed by atoms with Crippen molar-refractivity contribution in [1.29, 1.82) is 0 Å². The lowest BCUT2D eigenvalue weighted by molar-refractivity contribution is -0.137. The van der Waals surface area contributed by atoms with E-state index in [0.717, 1.165) is 18.4 Å². The summed E-state index contributed by atoms with van der Waals surface area (Å²) >= 11 is 0. The molecule has 0 saturated heterocycles. The molecule has 0 bridgehead atoms. The number of nitrogens with one attached hydrogen (secondary N) is 1. The lowest BCUT2D eigenvalue weighted by Gasteiger charge is -2.22. The Hall–Kier alpha value is -3.44. The van der Waals surface area contributed by atoms with Crippen molar-refractivity contribution in [3.63, 3.8) is 0 Å². The van der Waals surface area contributed by atoms with Gasteiger partial charge < -0.3 is 14.6 Å². The number of alkyl halides is 3. The van der Waals surface area contributed by atoms with E-state index >= 15 is 0 Å². The van der Waals surface area contributed by atoms with E-state index in [2.05, 4.69) is 5.32 Å². The summed E-state index contributed by atoms with van der Waals surface area (Å²) in [6, 6.07) is 9.99. The van der Waals surface area contributed by atoms with Gasteiger partial charge in [0.05, 0.1) is 23.1 Å². The first-order chi connectivity index (χ1) is 17.2. The molecule has 0 fully saturated rings. The molecule has 1 aromatic heterocycles. The van der Waals surface area contributed by atoms with Crippen LogP contribution in [-0.4, -0.2) is 38.9 Å².